The molecule has 72 valence electrons. The average Bonchev–Trinajstić information content (AvgIpc) is 2.12. The van der Waals surface area contributed by atoms with E-state index in [1.807, 2.05) is 13.8 Å². The van der Waals surface area contributed by atoms with Gasteiger partial charge < -0.3 is 4.74 Å². The number of nitrogens with zero attached hydrogens (tertiary/aromatic N) is 1. The van der Waals surface area contributed by atoms with Gasteiger partial charge >= 0.3 is 5.97 Å². The van der Waals surface area contributed by atoms with Crippen molar-refractivity contribution in [1.29, 1.82) is 0 Å². The summed E-state index contributed by atoms with van der Waals surface area (Å²) in [6, 6.07) is 0. The fourth-order valence-electron chi connectivity index (χ4n) is 0.538. The maximum Gasteiger partial charge on any atom is 0.356 e. The molecule has 0 aliphatic carbocycles. The molecule has 0 aromatic carbocycles. The summed E-state index contributed by atoms with van der Waals surface area (Å²) in [5, 5.41) is 0.466. The van der Waals surface area contributed by atoms with Gasteiger partial charge in [-0.25, -0.2) is 4.79 Å². The number of carbonyl (C=O) groups is 1. The van der Waals surface area contributed by atoms with Crippen LogP contribution in [0.15, 0.2) is 27.4 Å². The van der Waals surface area contributed by atoms with E-state index in [2.05, 4.69) is 16.4 Å². The third-order valence-electron chi connectivity index (χ3n) is 1.31. The van der Waals surface area contributed by atoms with Gasteiger partial charge in [0.2, 0.25) is 0 Å². The smallest absolute Gasteiger partial charge is 0.356 e. The van der Waals surface area contributed by atoms with E-state index < -0.39 is 5.97 Å². The van der Waals surface area contributed by atoms with E-state index >= 15 is 0 Å². The highest BCUT2D eigenvalue weighted by Crippen LogP contribution is 2.13. The van der Waals surface area contributed by atoms with Gasteiger partial charge in [0.05, 0.1) is 7.11 Å². The molecule has 0 aliphatic rings. The predicted octanol–water partition coefficient (Wildman–Crippen LogP) is 2.28. The van der Waals surface area contributed by atoms with Gasteiger partial charge in [-0.2, -0.15) is 0 Å². The minimum absolute atomic E-state index is 0.105. The lowest BCUT2D eigenvalue weighted by Crippen LogP contribution is -2.02. The Hall–Kier alpha value is -1.09. The molecule has 0 saturated carbocycles. The van der Waals surface area contributed by atoms with Gasteiger partial charge in [-0.05, 0) is 26.6 Å². The molecule has 0 fully saturated rings. The molecule has 13 heavy (non-hydrogen) atoms. The fourth-order valence-corrected chi connectivity index (χ4v) is 0.641. The number of aliphatic imine (C=N–C) groups is 1. The number of carbonyl (C=O) groups excluding carboxylic acids is 1. The number of esters is 1. The Morgan fingerprint density at radius 2 is 2.08 bits per heavy atom. The third kappa shape index (κ3) is 3.90. The van der Waals surface area contributed by atoms with Crippen LogP contribution in [-0.2, 0) is 9.53 Å². The molecule has 0 aromatic rings. The van der Waals surface area contributed by atoms with E-state index in [0.717, 1.165) is 5.57 Å². The van der Waals surface area contributed by atoms with Gasteiger partial charge in [0.25, 0.3) is 0 Å². The standard InChI is InChI=1S/C9H12ClNO2/c1-6(2)7(10)5-8(11-3)9(12)13-4/h5H,3H2,1-2,4H3/b8-5-. The van der Waals surface area contributed by atoms with Crippen LogP contribution in [0.2, 0.25) is 0 Å². The summed E-state index contributed by atoms with van der Waals surface area (Å²) in [6.45, 7) is 6.90. The lowest BCUT2D eigenvalue weighted by molar-refractivity contribution is -0.136. The molecule has 0 bridgehead atoms. The van der Waals surface area contributed by atoms with E-state index in [9.17, 15) is 4.79 Å². The molecular formula is C9H12ClNO2. The molecule has 0 amide bonds. The van der Waals surface area contributed by atoms with Gasteiger partial charge in [-0.1, -0.05) is 17.2 Å². The minimum Gasteiger partial charge on any atom is -0.464 e. The lowest BCUT2D eigenvalue weighted by Gasteiger charge is -1.99. The zero-order valence-corrected chi connectivity index (χ0v) is 8.68. The average molecular weight is 202 g/mol. The summed E-state index contributed by atoms with van der Waals surface area (Å²) in [4.78, 5) is 14.5. The van der Waals surface area contributed by atoms with Crippen molar-refractivity contribution in [2.24, 2.45) is 4.99 Å². The van der Waals surface area contributed by atoms with Crippen LogP contribution in [0.1, 0.15) is 13.8 Å². The number of methoxy groups -OCH3 is 1. The quantitative estimate of drug-likeness (QED) is 0.304. The van der Waals surface area contributed by atoms with Crippen molar-refractivity contribution >= 4 is 24.3 Å². The number of hydrogen-bond acceptors (Lipinski definition) is 3. The van der Waals surface area contributed by atoms with Crippen molar-refractivity contribution < 1.29 is 9.53 Å². The first kappa shape index (κ1) is 11.9. The Balaban J connectivity index is 4.88. The van der Waals surface area contributed by atoms with Gasteiger partial charge in [0.15, 0.2) is 0 Å². The molecule has 4 heteroatoms. The van der Waals surface area contributed by atoms with E-state index in [-0.39, 0.29) is 5.70 Å². The Morgan fingerprint density at radius 3 is 2.38 bits per heavy atom. The van der Waals surface area contributed by atoms with Crippen LogP contribution in [0.4, 0.5) is 0 Å². The molecule has 0 radical (unpaired) electrons. The number of allylic oxidation sites excluding steroid dienone is 3. The molecule has 0 spiro atoms. The fraction of sp³-hybridized carbons (Fsp3) is 0.333. The second-order valence-corrected chi connectivity index (χ2v) is 2.93. The maximum atomic E-state index is 11.0. The Kier molecular flexibility index (Phi) is 5.07. The van der Waals surface area contributed by atoms with E-state index in [1.54, 1.807) is 0 Å². The topological polar surface area (TPSA) is 38.7 Å². The molecule has 0 aliphatic heterocycles. The summed E-state index contributed by atoms with van der Waals surface area (Å²) < 4.78 is 4.46. The monoisotopic (exact) mass is 201 g/mol. The van der Waals surface area contributed by atoms with Crippen molar-refractivity contribution in [3.8, 4) is 0 Å². The molecular weight excluding hydrogens is 190 g/mol. The summed E-state index contributed by atoms with van der Waals surface area (Å²) in [5.41, 5.74) is 1.00. The summed E-state index contributed by atoms with van der Waals surface area (Å²) >= 11 is 5.80. The van der Waals surface area contributed by atoms with Gasteiger partial charge in [-0.15, -0.1) is 0 Å². The summed E-state index contributed by atoms with van der Waals surface area (Å²) in [6.07, 6.45) is 1.43. The zero-order chi connectivity index (χ0) is 10.4. The van der Waals surface area contributed by atoms with E-state index in [0.29, 0.717) is 5.03 Å². The minimum atomic E-state index is -0.547. The van der Waals surface area contributed by atoms with E-state index in [1.165, 1.54) is 13.2 Å². The van der Waals surface area contributed by atoms with Crippen LogP contribution in [0, 0.1) is 0 Å². The predicted molar refractivity (Wildman–Crippen MR) is 53.9 cm³/mol. The van der Waals surface area contributed by atoms with Crippen molar-refractivity contribution in [2.75, 3.05) is 7.11 Å². The molecule has 0 N–H and O–H groups in total. The molecule has 0 rings (SSSR count). The Morgan fingerprint density at radius 1 is 1.54 bits per heavy atom. The van der Waals surface area contributed by atoms with Crippen LogP contribution in [0.3, 0.4) is 0 Å². The van der Waals surface area contributed by atoms with Crippen molar-refractivity contribution in [3.05, 3.63) is 22.4 Å². The van der Waals surface area contributed by atoms with Gasteiger partial charge in [0.1, 0.15) is 5.70 Å². The van der Waals surface area contributed by atoms with Crippen molar-refractivity contribution in [2.45, 2.75) is 13.8 Å². The highest BCUT2D eigenvalue weighted by Gasteiger charge is 2.07. The molecule has 3 nitrogen and oxygen atoms in total. The second kappa shape index (κ2) is 5.54. The first-order chi connectivity index (χ1) is 6.02. The molecule has 0 unspecified atom stereocenters. The SMILES string of the molecule is C=N/C(=C\C(Cl)=C(C)C)C(=O)OC. The van der Waals surface area contributed by atoms with Crippen LogP contribution < -0.4 is 0 Å². The molecule has 0 saturated heterocycles. The number of halogens is 1. The number of ether oxygens (including phenoxy) is 1. The number of rotatable bonds is 3. The first-order valence-electron chi connectivity index (χ1n) is 3.62. The highest BCUT2D eigenvalue weighted by atomic mass is 35.5. The Bertz CT molecular complexity index is 275. The molecule has 0 heterocycles. The van der Waals surface area contributed by atoms with Crippen LogP contribution >= 0.6 is 11.6 Å². The summed E-state index contributed by atoms with van der Waals surface area (Å²) in [7, 11) is 1.28. The van der Waals surface area contributed by atoms with Crippen LogP contribution in [0.25, 0.3) is 0 Å². The van der Waals surface area contributed by atoms with Crippen molar-refractivity contribution in [3.63, 3.8) is 0 Å². The zero-order valence-electron chi connectivity index (χ0n) is 7.93. The van der Waals surface area contributed by atoms with Crippen LogP contribution in [0.5, 0.6) is 0 Å². The second-order valence-electron chi connectivity index (χ2n) is 2.53. The lowest BCUT2D eigenvalue weighted by atomic mass is 10.3. The Labute approximate surface area is 82.8 Å². The summed E-state index contributed by atoms with van der Waals surface area (Å²) in [5.74, 6) is -0.547. The normalized spacial score (nSPS) is 10.6. The molecule has 0 atom stereocenters. The molecule has 0 aromatic heterocycles. The van der Waals surface area contributed by atoms with Crippen LogP contribution in [-0.4, -0.2) is 19.8 Å². The first-order valence-corrected chi connectivity index (χ1v) is 4.00. The third-order valence-corrected chi connectivity index (χ3v) is 1.79. The highest BCUT2D eigenvalue weighted by molar-refractivity contribution is 6.31. The maximum absolute atomic E-state index is 11.0. The largest absolute Gasteiger partial charge is 0.464 e. The van der Waals surface area contributed by atoms with Gasteiger partial charge in [-0.3, -0.25) is 4.99 Å². The van der Waals surface area contributed by atoms with E-state index in [4.69, 9.17) is 11.6 Å². The van der Waals surface area contributed by atoms with Gasteiger partial charge in [0, 0.05) is 5.03 Å². The number of hydrogen-bond donors (Lipinski definition) is 0. The van der Waals surface area contributed by atoms with Crippen molar-refractivity contribution in [1.82, 2.24) is 0 Å².